The van der Waals surface area contributed by atoms with Crippen LogP contribution in [0.2, 0.25) is 0 Å². The fourth-order valence-corrected chi connectivity index (χ4v) is 1.33. The van der Waals surface area contributed by atoms with Gasteiger partial charge in [0.2, 0.25) is 0 Å². The quantitative estimate of drug-likeness (QED) is 0.545. The van der Waals surface area contributed by atoms with Crippen LogP contribution in [0.25, 0.3) is 0 Å². The van der Waals surface area contributed by atoms with Crippen LogP contribution in [0.4, 0.5) is 0 Å². The smallest absolute Gasteiger partial charge is 0.341 e. The van der Waals surface area contributed by atoms with Gasteiger partial charge in [-0.2, -0.15) is 5.10 Å². The third-order valence-electron chi connectivity index (χ3n) is 1.99. The molecule has 0 amide bonds. The van der Waals surface area contributed by atoms with Gasteiger partial charge >= 0.3 is 5.97 Å². The fraction of sp³-hybridized carbons (Fsp3) is 0.636. The van der Waals surface area contributed by atoms with Crippen LogP contribution in [0.5, 0.6) is 0 Å². The van der Waals surface area contributed by atoms with E-state index in [-0.39, 0.29) is 5.97 Å². The minimum absolute atomic E-state index is 0.342. The van der Waals surface area contributed by atoms with Gasteiger partial charge in [-0.05, 0) is 13.3 Å². The fourth-order valence-electron chi connectivity index (χ4n) is 1.33. The van der Waals surface area contributed by atoms with Crippen molar-refractivity contribution in [2.75, 3.05) is 13.2 Å². The molecule has 0 spiro atoms. The van der Waals surface area contributed by atoms with E-state index in [9.17, 15) is 4.79 Å². The summed E-state index contributed by atoms with van der Waals surface area (Å²) >= 11 is 0. The van der Waals surface area contributed by atoms with Crippen molar-refractivity contribution in [3.05, 3.63) is 17.5 Å². The first kappa shape index (κ1) is 12.7. The number of aromatic nitrogens is 2. The molecule has 0 saturated carbocycles. The Bertz CT molecular complexity index is 347. The van der Waals surface area contributed by atoms with Gasteiger partial charge in [0.25, 0.3) is 0 Å². The molecule has 1 aromatic heterocycles. The van der Waals surface area contributed by atoms with Crippen molar-refractivity contribution in [3.63, 3.8) is 0 Å². The second-order valence-corrected chi connectivity index (χ2v) is 3.44. The van der Waals surface area contributed by atoms with Crippen LogP contribution >= 0.6 is 0 Å². The Morgan fingerprint density at radius 1 is 1.50 bits per heavy atom. The minimum atomic E-state index is -0.342. The largest absolute Gasteiger partial charge is 0.462 e. The van der Waals surface area contributed by atoms with Crippen molar-refractivity contribution >= 4 is 5.97 Å². The lowest BCUT2D eigenvalue weighted by molar-refractivity contribution is 0.0518. The number of aryl methyl sites for hydroxylation is 1. The van der Waals surface area contributed by atoms with E-state index in [1.165, 1.54) is 0 Å². The van der Waals surface area contributed by atoms with Crippen molar-refractivity contribution < 1.29 is 14.3 Å². The Morgan fingerprint density at radius 2 is 2.25 bits per heavy atom. The van der Waals surface area contributed by atoms with Crippen molar-refractivity contribution in [3.8, 4) is 0 Å². The van der Waals surface area contributed by atoms with E-state index < -0.39 is 0 Å². The van der Waals surface area contributed by atoms with E-state index in [0.29, 0.717) is 31.1 Å². The maximum absolute atomic E-state index is 11.6. The van der Waals surface area contributed by atoms with E-state index in [0.717, 1.165) is 6.42 Å². The standard InChI is InChI=1S/C11H18N2O3/c1-4-6-15-8-10-9(7-13(3)12-10)11(14)16-5-2/h7H,4-6,8H2,1-3H3. The predicted octanol–water partition coefficient (Wildman–Crippen LogP) is 1.52. The number of hydrogen-bond acceptors (Lipinski definition) is 4. The van der Waals surface area contributed by atoms with Crippen LogP contribution in [0.3, 0.4) is 0 Å². The Labute approximate surface area is 95.3 Å². The predicted molar refractivity (Wildman–Crippen MR) is 59.1 cm³/mol. The van der Waals surface area contributed by atoms with Gasteiger partial charge in [0.05, 0.1) is 13.2 Å². The number of carbonyl (C=O) groups excluding carboxylic acids is 1. The van der Waals surface area contributed by atoms with Crippen molar-refractivity contribution in [2.24, 2.45) is 7.05 Å². The van der Waals surface area contributed by atoms with Crippen molar-refractivity contribution in [1.29, 1.82) is 0 Å². The zero-order valence-corrected chi connectivity index (χ0v) is 10.0. The topological polar surface area (TPSA) is 53.4 Å². The highest BCUT2D eigenvalue weighted by Gasteiger charge is 2.16. The molecular weight excluding hydrogens is 208 g/mol. The molecular formula is C11H18N2O3. The molecule has 0 bridgehead atoms. The molecule has 0 atom stereocenters. The van der Waals surface area contributed by atoms with Gasteiger partial charge in [-0.1, -0.05) is 6.92 Å². The van der Waals surface area contributed by atoms with E-state index >= 15 is 0 Å². The molecule has 0 aliphatic rings. The molecule has 0 saturated heterocycles. The Hall–Kier alpha value is -1.36. The van der Waals surface area contributed by atoms with Crippen LogP contribution < -0.4 is 0 Å². The van der Waals surface area contributed by atoms with E-state index in [1.54, 1.807) is 24.9 Å². The Balaban J connectivity index is 2.70. The lowest BCUT2D eigenvalue weighted by Gasteiger charge is -2.02. The van der Waals surface area contributed by atoms with Gasteiger partial charge in [0.1, 0.15) is 11.3 Å². The molecule has 0 aliphatic heterocycles. The molecule has 0 N–H and O–H groups in total. The average Bonchev–Trinajstić information content (AvgIpc) is 2.61. The third kappa shape index (κ3) is 3.34. The number of esters is 1. The van der Waals surface area contributed by atoms with Gasteiger partial charge in [-0.25, -0.2) is 4.79 Å². The van der Waals surface area contributed by atoms with Crippen molar-refractivity contribution in [2.45, 2.75) is 26.9 Å². The molecule has 1 aromatic rings. The zero-order chi connectivity index (χ0) is 12.0. The lowest BCUT2D eigenvalue weighted by atomic mass is 10.2. The van der Waals surface area contributed by atoms with Gasteiger partial charge in [-0.15, -0.1) is 0 Å². The second kappa shape index (κ2) is 6.27. The van der Waals surface area contributed by atoms with Gasteiger partial charge in [-0.3, -0.25) is 4.68 Å². The number of carbonyl (C=O) groups is 1. The van der Waals surface area contributed by atoms with Crippen LogP contribution in [0.15, 0.2) is 6.20 Å². The monoisotopic (exact) mass is 226 g/mol. The molecule has 0 aromatic carbocycles. The highest BCUT2D eigenvalue weighted by molar-refractivity contribution is 5.90. The summed E-state index contributed by atoms with van der Waals surface area (Å²) in [7, 11) is 1.77. The van der Waals surface area contributed by atoms with Gasteiger partial charge in [0.15, 0.2) is 0 Å². The summed E-state index contributed by atoms with van der Waals surface area (Å²) < 4.78 is 11.9. The maximum atomic E-state index is 11.6. The molecule has 0 aliphatic carbocycles. The zero-order valence-electron chi connectivity index (χ0n) is 10.0. The molecule has 1 heterocycles. The van der Waals surface area contributed by atoms with Gasteiger partial charge < -0.3 is 9.47 Å². The highest BCUT2D eigenvalue weighted by atomic mass is 16.5. The SMILES string of the molecule is CCCOCc1nn(C)cc1C(=O)OCC. The van der Waals surface area contributed by atoms with Crippen molar-refractivity contribution in [1.82, 2.24) is 9.78 Å². The summed E-state index contributed by atoms with van der Waals surface area (Å²) in [6.45, 7) is 5.19. The van der Waals surface area contributed by atoms with Crippen LogP contribution in [0, 0.1) is 0 Å². The van der Waals surface area contributed by atoms with Crippen LogP contribution in [0.1, 0.15) is 36.3 Å². The van der Waals surface area contributed by atoms with Crippen LogP contribution in [-0.2, 0) is 23.1 Å². The summed E-state index contributed by atoms with van der Waals surface area (Å²) in [6, 6.07) is 0. The molecule has 0 fully saturated rings. The summed E-state index contributed by atoms with van der Waals surface area (Å²) in [5.74, 6) is -0.342. The van der Waals surface area contributed by atoms with E-state index in [1.807, 2.05) is 6.92 Å². The summed E-state index contributed by atoms with van der Waals surface area (Å²) in [5.41, 5.74) is 1.12. The highest BCUT2D eigenvalue weighted by Crippen LogP contribution is 2.09. The molecule has 0 radical (unpaired) electrons. The number of rotatable bonds is 6. The first-order valence-electron chi connectivity index (χ1n) is 5.46. The molecule has 1 rings (SSSR count). The summed E-state index contributed by atoms with van der Waals surface area (Å²) in [4.78, 5) is 11.6. The normalized spacial score (nSPS) is 10.4. The molecule has 16 heavy (non-hydrogen) atoms. The van der Waals surface area contributed by atoms with E-state index in [4.69, 9.17) is 9.47 Å². The van der Waals surface area contributed by atoms with Crippen LogP contribution in [-0.4, -0.2) is 29.0 Å². The average molecular weight is 226 g/mol. The van der Waals surface area contributed by atoms with E-state index in [2.05, 4.69) is 5.10 Å². The summed E-state index contributed by atoms with van der Waals surface area (Å²) in [5, 5.41) is 4.18. The van der Waals surface area contributed by atoms with Gasteiger partial charge in [0, 0.05) is 19.9 Å². The minimum Gasteiger partial charge on any atom is -0.462 e. The maximum Gasteiger partial charge on any atom is 0.341 e. The number of hydrogen-bond donors (Lipinski definition) is 0. The number of ether oxygens (including phenoxy) is 2. The molecule has 5 nitrogen and oxygen atoms in total. The first-order valence-corrected chi connectivity index (χ1v) is 5.46. The molecule has 90 valence electrons. The Morgan fingerprint density at radius 3 is 2.88 bits per heavy atom. The number of nitrogens with zero attached hydrogens (tertiary/aromatic N) is 2. The lowest BCUT2D eigenvalue weighted by Crippen LogP contribution is -2.07. The molecule has 0 unspecified atom stereocenters. The molecule has 5 heteroatoms. The second-order valence-electron chi connectivity index (χ2n) is 3.44. The third-order valence-corrected chi connectivity index (χ3v) is 1.99. The summed E-state index contributed by atoms with van der Waals surface area (Å²) in [6.07, 6.45) is 2.60. The first-order chi connectivity index (χ1) is 7.69. The Kier molecular flexibility index (Phi) is 4.98.